The van der Waals surface area contributed by atoms with Crippen LogP contribution in [0.1, 0.15) is 25.0 Å². The minimum absolute atomic E-state index is 0. The molecule has 0 aliphatic carbocycles. The molecule has 0 radical (unpaired) electrons. The second-order valence-electron chi connectivity index (χ2n) is 5.49. The van der Waals surface area contributed by atoms with Crippen LogP contribution in [-0.2, 0) is 20.8 Å². The van der Waals surface area contributed by atoms with Crippen molar-refractivity contribution in [3.63, 3.8) is 0 Å². The first-order valence-electron chi connectivity index (χ1n) is 6.84. The summed E-state index contributed by atoms with van der Waals surface area (Å²) < 4.78 is 13.8. The van der Waals surface area contributed by atoms with E-state index in [1.807, 2.05) is 19.1 Å². The van der Waals surface area contributed by atoms with Crippen molar-refractivity contribution < 1.29 is 75.3 Å². The van der Waals surface area contributed by atoms with Crippen molar-refractivity contribution in [3.05, 3.63) is 35.4 Å². The number of nitrogens with one attached hydrogen (secondary N) is 1. The average Bonchev–Trinajstić information content (AvgIpc) is 2.47. The fourth-order valence-corrected chi connectivity index (χ4v) is 1.79. The molecule has 2 N–H and O–H groups in total. The van der Waals surface area contributed by atoms with Crippen LogP contribution in [0.4, 0.5) is 4.39 Å². The first-order chi connectivity index (χ1) is 10.2. The molecule has 0 aliphatic heterocycles. The third-order valence-corrected chi connectivity index (χ3v) is 3.58. The van der Waals surface area contributed by atoms with Gasteiger partial charge in [-0.05, 0) is 12.5 Å². The van der Waals surface area contributed by atoms with Crippen LogP contribution in [0.3, 0.4) is 0 Å². The van der Waals surface area contributed by atoms with Gasteiger partial charge in [-0.15, -0.1) is 0 Å². The van der Waals surface area contributed by atoms with E-state index in [-0.39, 0.29) is 57.8 Å². The van der Waals surface area contributed by atoms with Crippen LogP contribution in [-0.4, -0.2) is 35.0 Å². The van der Waals surface area contributed by atoms with Gasteiger partial charge in [-0.3, -0.25) is 9.18 Å². The predicted octanol–water partition coefficient (Wildman–Crippen LogP) is -1.42. The molecule has 1 rings (SSSR count). The Labute approximate surface area is 177 Å². The fourth-order valence-electron chi connectivity index (χ4n) is 1.79. The Kier molecular flexibility index (Phi) is 9.38. The van der Waals surface area contributed by atoms with Gasteiger partial charge in [0.1, 0.15) is 6.04 Å². The Morgan fingerprint density at radius 1 is 1.35 bits per heavy atom. The van der Waals surface area contributed by atoms with Gasteiger partial charge in [-0.25, -0.2) is 11.1 Å². The molecule has 1 amide bonds. The fraction of sp³-hybridized carbons (Fsp3) is 0.438. The molecule has 0 fully saturated rings. The minimum atomic E-state index is -2.46. The van der Waals surface area contributed by atoms with Gasteiger partial charge in [0.25, 0.3) is 0 Å². The van der Waals surface area contributed by atoms with Gasteiger partial charge in [0.05, 0.1) is 0 Å². The van der Waals surface area contributed by atoms with Gasteiger partial charge in [0.15, 0.2) is 0 Å². The average molecular weight is 347 g/mol. The molecule has 1 aromatic carbocycles. The summed E-state index contributed by atoms with van der Waals surface area (Å²) in [5.41, 5.74) is -0.698. The van der Waals surface area contributed by atoms with Crippen LogP contribution >= 0.6 is 0 Å². The van der Waals surface area contributed by atoms with Gasteiger partial charge in [-0.1, -0.05) is 43.7 Å². The maximum absolute atomic E-state index is 13.8. The molecule has 1 aromatic rings. The van der Waals surface area contributed by atoms with E-state index in [2.05, 4.69) is 5.32 Å². The van der Waals surface area contributed by atoms with Gasteiger partial charge < -0.3 is 15.2 Å². The number of carbonyl (C=O) groups is 2. The Morgan fingerprint density at radius 2 is 1.87 bits per heavy atom. The number of aliphatic carboxylic acids is 1. The molecule has 0 saturated heterocycles. The van der Waals surface area contributed by atoms with Gasteiger partial charge in [-0.2, -0.15) is 0 Å². The molecule has 0 heterocycles. The number of benzene rings is 1. The largest absolute Gasteiger partial charge is 1.00 e. The van der Waals surface area contributed by atoms with Crippen molar-refractivity contribution in [2.75, 3.05) is 0 Å². The third kappa shape index (κ3) is 6.80. The van der Waals surface area contributed by atoms with E-state index in [1.165, 1.54) is 6.92 Å². The zero-order valence-corrected chi connectivity index (χ0v) is 16.8. The van der Waals surface area contributed by atoms with Crippen molar-refractivity contribution in [1.82, 2.24) is 5.32 Å². The number of carboxylic acid groups (broad SMARTS) is 1. The summed E-state index contributed by atoms with van der Waals surface area (Å²) in [6, 6.07) is 6.00. The first kappa shape index (κ1) is 22.4. The number of rotatable bonds is 7. The van der Waals surface area contributed by atoms with Crippen LogP contribution in [0.2, 0.25) is 0 Å². The van der Waals surface area contributed by atoms with E-state index >= 15 is 0 Å². The quantitative estimate of drug-likeness (QED) is 0.469. The van der Waals surface area contributed by atoms with Crippen LogP contribution in [0.5, 0.6) is 0 Å². The van der Waals surface area contributed by atoms with Gasteiger partial charge >= 0.3 is 57.4 Å². The maximum atomic E-state index is 13.8. The molecule has 0 aromatic heterocycles. The number of carbonyl (C=O) groups excluding carboxylic acids is 2. The molecule has 5 nitrogen and oxygen atoms in total. The summed E-state index contributed by atoms with van der Waals surface area (Å²) in [6.07, 6.45) is 1.23. The monoisotopic (exact) mass is 347 g/mol. The first-order valence-corrected chi connectivity index (χ1v) is 6.84. The van der Waals surface area contributed by atoms with E-state index in [4.69, 9.17) is 0 Å². The van der Waals surface area contributed by atoms with E-state index in [0.717, 1.165) is 24.3 Å². The SMILES string of the molecule is Cc1ccc(CC(NC(=O)C(C)C(C)(F)[C-]=O)C(=O)O)cc1.[K+]. The number of halogens is 1. The Hall–Kier alpha value is -0.604. The molecule has 0 aliphatic rings. The summed E-state index contributed by atoms with van der Waals surface area (Å²) in [5, 5.41) is 11.5. The van der Waals surface area contributed by atoms with E-state index in [9.17, 15) is 23.9 Å². The summed E-state index contributed by atoms with van der Waals surface area (Å²) in [4.78, 5) is 33.7. The zero-order valence-electron chi connectivity index (χ0n) is 13.7. The third-order valence-electron chi connectivity index (χ3n) is 3.58. The summed E-state index contributed by atoms with van der Waals surface area (Å²) in [6.45, 7) is 4.05. The smallest absolute Gasteiger partial charge is 0.539 e. The summed E-state index contributed by atoms with van der Waals surface area (Å²) >= 11 is 0. The normalized spacial score (nSPS) is 15.5. The Bertz CT molecular complexity index is 560. The van der Waals surface area contributed by atoms with E-state index in [0.29, 0.717) is 0 Å². The predicted molar refractivity (Wildman–Crippen MR) is 78.8 cm³/mol. The van der Waals surface area contributed by atoms with Crippen LogP contribution in [0.25, 0.3) is 0 Å². The summed E-state index contributed by atoms with van der Waals surface area (Å²) in [5.74, 6) is -3.39. The van der Waals surface area contributed by atoms with Crippen LogP contribution in [0, 0.1) is 12.8 Å². The molecule has 7 heteroatoms. The molecule has 3 unspecified atom stereocenters. The molecule has 0 spiro atoms. The van der Waals surface area contributed by atoms with Gasteiger partial charge in [0, 0.05) is 18.0 Å². The van der Waals surface area contributed by atoms with Crippen molar-refractivity contribution in [2.45, 2.75) is 38.9 Å². The summed E-state index contributed by atoms with van der Waals surface area (Å²) in [7, 11) is 0. The van der Waals surface area contributed by atoms with Crippen LogP contribution in [0.15, 0.2) is 24.3 Å². The van der Waals surface area contributed by atoms with Crippen molar-refractivity contribution >= 4 is 18.2 Å². The number of aryl methyl sites for hydroxylation is 1. The molecule has 0 saturated carbocycles. The number of alkyl halides is 1. The zero-order chi connectivity index (χ0) is 16.9. The van der Waals surface area contributed by atoms with E-state index < -0.39 is 29.5 Å². The topological polar surface area (TPSA) is 83.5 Å². The molecule has 120 valence electrons. The Balaban J connectivity index is 0.00000484. The van der Waals surface area contributed by atoms with Crippen molar-refractivity contribution in [2.24, 2.45) is 5.92 Å². The second-order valence-corrected chi connectivity index (χ2v) is 5.49. The number of hydrogen-bond acceptors (Lipinski definition) is 3. The Morgan fingerprint density at radius 3 is 2.30 bits per heavy atom. The number of amides is 1. The van der Waals surface area contributed by atoms with Crippen molar-refractivity contribution in [3.8, 4) is 0 Å². The molecule has 23 heavy (non-hydrogen) atoms. The molecule has 0 bridgehead atoms. The number of hydrogen-bond donors (Lipinski definition) is 2. The van der Waals surface area contributed by atoms with Crippen LogP contribution < -0.4 is 56.7 Å². The van der Waals surface area contributed by atoms with E-state index in [1.54, 1.807) is 12.1 Å². The van der Waals surface area contributed by atoms with Crippen molar-refractivity contribution in [1.29, 1.82) is 0 Å². The maximum Gasteiger partial charge on any atom is 1.00 e. The molecule has 3 atom stereocenters. The van der Waals surface area contributed by atoms with Gasteiger partial charge in [0.2, 0.25) is 5.91 Å². The number of carboxylic acids is 1. The molecular formula is C16H19FKNO4. The standard InChI is InChI=1S/C16H19FNO4.K/c1-10-4-6-12(7-5-10)8-13(15(21)22)18-14(20)11(2)16(3,17)9-19;/h4-7,11,13H,8H2,1-3H3,(H,18,20)(H,21,22);/q-1;+1. The second kappa shape index (κ2) is 9.63. The molecular weight excluding hydrogens is 328 g/mol. The minimum Gasteiger partial charge on any atom is -0.539 e.